The zero-order valence-electron chi connectivity index (χ0n) is 29.4. The maximum Gasteiger partial charge on any atom is 0.0770 e. The van der Waals surface area contributed by atoms with Gasteiger partial charge < -0.3 is 4.57 Å². The summed E-state index contributed by atoms with van der Waals surface area (Å²) in [6.07, 6.45) is 3.19. The molecule has 0 unspecified atom stereocenters. The Bertz CT molecular complexity index is 2190. The molecule has 7 rings (SSSR count). The van der Waals surface area contributed by atoms with E-state index in [9.17, 15) is 0 Å². The van der Waals surface area contributed by atoms with Crippen molar-refractivity contribution < 1.29 is 25.9 Å². The number of hydrogen-bond donors (Lipinski definition) is 0. The molecule has 0 aliphatic heterocycles. The van der Waals surface area contributed by atoms with E-state index in [0.717, 1.165) is 62.1 Å². The van der Waals surface area contributed by atoms with Crippen LogP contribution >= 0.6 is 0 Å². The van der Waals surface area contributed by atoms with Gasteiger partial charge in [0, 0.05) is 26.1 Å². The minimum absolute atomic E-state index is 0. The molecule has 0 saturated carbocycles. The molecule has 0 amide bonds. The van der Waals surface area contributed by atoms with Gasteiger partial charge in [-0.2, -0.15) is 0 Å². The SMILES string of the molecule is Cc1ccc2c(n1)oc1c(-c3cc(CC(C)C)[c]([Ge]([CH3])([CH3])[CH3])cn3)[c-]ccc12.[2H]C(C)(C)n1c(-c2[c-]cccc2)nc2ccccc21.[Ir]. The molecule has 0 bridgehead atoms. The van der Waals surface area contributed by atoms with Crippen LogP contribution in [0.15, 0.2) is 89.5 Å². The molecule has 0 N–H and O–H groups in total. The van der Waals surface area contributed by atoms with E-state index < -0.39 is 19.3 Å². The van der Waals surface area contributed by atoms with E-state index in [-0.39, 0.29) is 20.1 Å². The van der Waals surface area contributed by atoms with Crippen LogP contribution in [0.3, 0.4) is 0 Å². The summed E-state index contributed by atoms with van der Waals surface area (Å²) in [5.74, 6) is 8.70. The van der Waals surface area contributed by atoms with E-state index in [1.807, 2.05) is 86.0 Å². The fourth-order valence-electron chi connectivity index (χ4n) is 6.01. The van der Waals surface area contributed by atoms with E-state index in [4.69, 9.17) is 10.8 Å². The number of nitrogens with zero attached hydrogens (tertiary/aromatic N) is 4. The summed E-state index contributed by atoms with van der Waals surface area (Å²) in [5, 5.41) is 2.11. The molecule has 3 aromatic carbocycles. The van der Waals surface area contributed by atoms with Crippen molar-refractivity contribution >= 4 is 50.8 Å². The largest absolute Gasteiger partial charge is 0.362 e. The number of pyridine rings is 2. The van der Waals surface area contributed by atoms with Crippen molar-refractivity contribution in [2.24, 2.45) is 5.92 Å². The molecular formula is C40H42GeIrN4O-2. The van der Waals surface area contributed by atoms with Crippen molar-refractivity contribution in [1.82, 2.24) is 19.5 Å². The fraction of sp³-hybridized carbons (Fsp3) is 0.275. The van der Waals surface area contributed by atoms with Crippen LogP contribution < -0.4 is 4.40 Å². The molecule has 0 spiro atoms. The predicted molar refractivity (Wildman–Crippen MR) is 194 cm³/mol. The number of aromatic nitrogens is 4. The number of imidazole rings is 1. The van der Waals surface area contributed by atoms with Crippen molar-refractivity contribution in [2.45, 2.75) is 64.3 Å². The van der Waals surface area contributed by atoms with Crippen molar-refractivity contribution in [1.29, 1.82) is 0 Å². The molecule has 4 aromatic heterocycles. The van der Waals surface area contributed by atoms with Crippen LogP contribution in [0.5, 0.6) is 0 Å². The van der Waals surface area contributed by atoms with Gasteiger partial charge >= 0.3 is 170 Å². The van der Waals surface area contributed by atoms with Gasteiger partial charge in [-0.25, -0.2) is 0 Å². The molecule has 7 aromatic rings. The van der Waals surface area contributed by atoms with Gasteiger partial charge in [-0.3, -0.25) is 4.98 Å². The summed E-state index contributed by atoms with van der Waals surface area (Å²) in [4.78, 5) is 14.1. The molecule has 4 heterocycles. The molecular weight excluding hydrogens is 817 g/mol. The number of benzene rings is 3. The predicted octanol–water partition coefficient (Wildman–Crippen LogP) is 9.98. The molecule has 0 aliphatic carbocycles. The number of fused-ring (bicyclic) bond motifs is 4. The topological polar surface area (TPSA) is 56.7 Å². The second kappa shape index (κ2) is 14.3. The molecule has 0 atom stereocenters. The van der Waals surface area contributed by atoms with Gasteiger partial charge in [0.05, 0.1) is 18.2 Å². The number of furan rings is 1. The van der Waals surface area contributed by atoms with E-state index in [0.29, 0.717) is 11.6 Å². The first-order valence-corrected chi connectivity index (χ1v) is 23.3. The minimum atomic E-state index is -1.99. The Labute approximate surface area is 296 Å². The van der Waals surface area contributed by atoms with Gasteiger partial charge in [-0.05, 0) is 26.0 Å². The Morgan fingerprint density at radius 2 is 1.66 bits per heavy atom. The summed E-state index contributed by atoms with van der Waals surface area (Å²) < 4.78 is 18.0. The second-order valence-electron chi connectivity index (χ2n) is 13.6. The molecule has 0 fully saturated rings. The Kier molecular flexibility index (Phi) is 10.1. The second-order valence-corrected chi connectivity index (χ2v) is 24.1. The van der Waals surface area contributed by atoms with Gasteiger partial charge in [0.15, 0.2) is 0 Å². The van der Waals surface area contributed by atoms with Gasteiger partial charge in [-0.15, -0.1) is 35.9 Å². The van der Waals surface area contributed by atoms with Crippen molar-refractivity contribution in [3.05, 3.63) is 108 Å². The smallest absolute Gasteiger partial charge is 0.0770 e. The van der Waals surface area contributed by atoms with Crippen molar-refractivity contribution in [3.8, 4) is 22.6 Å². The van der Waals surface area contributed by atoms with E-state index in [2.05, 4.69) is 77.6 Å². The fourth-order valence-corrected chi connectivity index (χ4v) is 9.35. The third-order valence-corrected chi connectivity index (χ3v) is 12.4. The Morgan fingerprint density at radius 3 is 2.36 bits per heavy atom. The third-order valence-electron chi connectivity index (χ3n) is 8.08. The summed E-state index contributed by atoms with van der Waals surface area (Å²) in [7, 11) is 0. The normalized spacial score (nSPS) is 12.2. The molecule has 47 heavy (non-hydrogen) atoms. The summed E-state index contributed by atoms with van der Waals surface area (Å²) >= 11 is -1.99. The number of para-hydroxylation sites is 2. The van der Waals surface area contributed by atoms with Crippen LogP contribution in [0.25, 0.3) is 55.7 Å². The van der Waals surface area contributed by atoms with E-state index in [1.165, 1.54) is 9.96 Å². The standard InChI is InChI=1S/C24H27GeN2O.C16H15N2.Ir/c1-15(2)12-17-13-22(26-14-21(17)25(4,5)6)20-9-7-8-18-19-11-10-16(3)27-24(19)28-23(18)20;1-12(2)18-15-11-7-6-10-14(15)17-16(18)13-8-4-3-5-9-13;/h7-8,10-11,13-15H,12H2,1-6H3;3-8,10-12H,1-2H3;/q2*-1;/i;12D;. The Hall–Kier alpha value is -3.58. The van der Waals surface area contributed by atoms with Crippen LogP contribution in [0.4, 0.5) is 0 Å². The van der Waals surface area contributed by atoms with Crippen LogP contribution in [0.1, 0.15) is 46.3 Å². The molecule has 7 heteroatoms. The van der Waals surface area contributed by atoms with Crippen LogP contribution in [0.2, 0.25) is 17.3 Å². The first kappa shape index (κ1) is 33.3. The third kappa shape index (κ3) is 7.30. The molecule has 0 saturated heterocycles. The van der Waals surface area contributed by atoms with Crippen LogP contribution in [-0.4, -0.2) is 32.8 Å². The Morgan fingerprint density at radius 1 is 0.894 bits per heavy atom. The van der Waals surface area contributed by atoms with E-state index in [1.54, 1.807) is 0 Å². The van der Waals surface area contributed by atoms with Crippen molar-refractivity contribution in [2.75, 3.05) is 0 Å². The first-order chi connectivity index (χ1) is 22.3. The molecule has 243 valence electrons. The molecule has 5 nitrogen and oxygen atoms in total. The zero-order chi connectivity index (χ0) is 33.5. The summed E-state index contributed by atoms with van der Waals surface area (Å²) in [5.41, 5.74) is 8.56. The van der Waals surface area contributed by atoms with E-state index >= 15 is 0 Å². The average molecular weight is 861 g/mol. The summed E-state index contributed by atoms with van der Waals surface area (Å²) in [6.45, 7) is 10.3. The van der Waals surface area contributed by atoms with Gasteiger partial charge in [0.2, 0.25) is 0 Å². The van der Waals surface area contributed by atoms with Gasteiger partial charge in [-0.1, -0.05) is 12.1 Å². The average Bonchev–Trinajstić information content (AvgIpc) is 3.59. The van der Waals surface area contributed by atoms with Crippen LogP contribution in [0, 0.1) is 25.0 Å². The maximum atomic E-state index is 8.37. The quantitative estimate of drug-likeness (QED) is 0.124. The maximum absolute atomic E-state index is 8.37. The van der Waals surface area contributed by atoms with Gasteiger partial charge in [0.25, 0.3) is 0 Å². The van der Waals surface area contributed by atoms with Gasteiger partial charge in [0.1, 0.15) is 0 Å². The monoisotopic (exact) mass is 862 g/mol. The number of aryl methyl sites for hydroxylation is 1. The van der Waals surface area contributed by atoms with Crippen molar-refractivity contribution in [3.63, 3.8) is 0 Å². The Balaban J connectivity index is 0.000000197. The molecule has 0 aliphatic rings. The summed E-state index contributed by atoms with van der Waals surface area (Å²) in [6, 6.07) is 31.9. The number of rotatable bonds is 6. The zero-order valence-corrected chi connectivity index (χ0v) is 32.9. The number of hydrogen-bond acceptors (Lipinski definition) is 4. The minimum Gasteiger partial charge on any atom is -0.362 e. The first-order valence-electron chi connectivity index (χ1n) is 16.5. The van der Waals surface area contributed by atoms with Crippen LogP contribution in [-0.2, 0) is 26.5 Å². The molecule has 1 radical (unpaired) electrons.